The fraction of sp³-hybridized carbons (Fsp3) is 0. The average Bonchev–Trinajstić information content (AvgIpc) is 3.38. The second-order valence-electron chi connectivity index (χ2n) is 15.4. The van der Waals surface area contributed by atoms with Crippen molar-refractivity contribution in [1.82, 2.24) is 0 Å². The van der Waals surface area contributed by atoms with Crippen molar-refractivity contribution in [1.29, 1.82) is 0 Å². The summed E-state index contributed by atoms with van der Waals surface area (Å²) in [5, 5.41) is 15.4. The van der Waals surface area contributed by atoms with Gasteiger partial charge >= 0.3 is 0 Å². The van der Waals surface area contributed by atoms with Crippen molar-refractivity contribution in [3.63, 3.8) is 0 Å². The van der Waals surface area contributed by atoms with Crippen LogP contribution in [0.25, 0.3) is 0 Å². The van der Waals surface area contributed by atoms with Gasteiger partial charge in [-0.25, -0.2) is 0 Å². The zero-order valence-corrected chi connectivity index (χ0v) is 39.3. The van der Waals surface area contributed by atoms with Crippen LogP contribution in [-0.2, 0) is 0 Å². The molecule has 65 heavy (non-hydrogen) atoms. The molecule has 10 aromatic rings. The minimum absolute atomic E-state index is 0.888. The fourth-order valence-electron chi connectivity index (χ4n) is 8.40. The number of benzene rings is 10. The van der Waals surface area contributed by atoms with Gasteiger partial charge in [-0.1, -0.05) is 267 Å². The van der Waals surface area contributed by atoms with Crippen molar-refractivity contribution in [2.75, 3.05) is 0 Å². The number of ether oxygens (including phenoxy) is 1. The molecular formula is C60H46OP4. The Bertz CT molecular complexity index is 2680. The van der Waals surface area contributed by atoms with Crippen molar-refractivity contribution in [2.45, 2.75) is 0 Å². The Morgan fingerprint density at radius 1 is 0.185 bits per heavy atom. The topological polar surface area (TPSA) is 9.23 Å². The van der Waals surface area contributed by atoms with E-state index < -0.39 is 31.7 Å². The van der Waals surface area contributed by atoms with Gasteiger partial charge in [0.25, 0.3) is 0 Å². The van der Waals surface area contributed by atoms with E-state index in [1.807, 2.05) is 0 Å². The standard InChI is InChI=1S/C60H46OP4/c1-9-27-47(28-10-1)62(48-29-11-2-12-30-48)57-45-25-43-55(59(57)64(51-35-17-5-18-36-51)52-37-19-6-20-38-52)61-56-44-26-46-58(63(49-31-13-3-14-32-49)50-33-15-4-16-34-50)60(56)65(53-39-21-7-22-40-53)54-41-23-8-24-42-54/h1-46H. The van der Waals surface area contributed by atoms with Gasteiger partial charge in [0.15, 0.2) is 0 Å². The predicted octanol–water partition coefficient (Wildman–Crippen LogP) is 10.5. The summed E-state index contributed by atoms with van der Waals surface area (Å²) in [4.78, 5) is 0. The van der Waals surface area contributed by atoms with Gasteiger partial charge in [-0.2, -0.15) is 0 Å². The van der Waals surface area contributed by atoms with Crippen LogP contribution in [0.4, 0.5) is 0 Å². The molecule has 0 spiro atoms. The molecule has 5 heteroatoms. The molecule has 312 valence electrons. The van der Waals surface area contributed by atoms with Gasteiger partial charge < -0.3 is 4.74 Å². The molecule has 0 saturated carbocycles. The maximum absolute atomic E-state index is 7.87. The second kappa shape index (κ2) is 20.7. The molecule has 0 aliphatic rings. The second-order valence-corrected chi connectivity index (χ2v) is 24.0. The first-order chi connectivity index (χ1) is 32.3. The summed E-state index contributed by atoms with van der Waals surface area (Å²) in [6, 6.07) is 102. The van der Waals surface area contributed by atoms with Crippen LogP contribution in [-0.4, -0.2) is 0 Å². The van der Waals surface area contributed by atoms with Gasteiger partial charge in [-0.3, -0.25) is 0 Å². The number of hydrogen-bond donors (Lipinski definition) is 0. The van der Waals surface area contributed by atoms with E-state index in [1.54, 1.807) is 0 Å². The molecule has 0 aliphatic carbocycles. The highest BCUT2D eigenvalue weighted by atomic mass is 31.1. The summed E-state index contributed by atoms with van der Waals surface area (Å²) in [6.07, 6.45) is 0. The summed E-state index contributed by atoms with van der Waals surface area (Å²) >= 11 is 0. The summed E-state index contributed by atoms with van der Waals surface area (Å²) in [5.74, 6) is 1.78. The summed E-state index contributed by atoms with van der Waals surface area (Å²) in [7, 11) is -4.20. The van der Waals surface area contributed by atoms with Gasteiger partial charge in [0.2, 0.25) is 0 Å². The monoisotopic (exact) mass is 906 g/mol. The summed E-state index contributed by atoms with van der Waals surface area (Å²) in [6.45, 7) is 0. The lowest BCUT2D eigenvalue weighted by atomic mass is 10.3. The van der Waals surface area contributed by atoms with Crippen LogP contribution in [0.3, 0.4) is 0 Å². The first kappa shape index (κ1) is 42.7. The molecule has 0 heterocycles. The number of hydrogen-bond acceptors (Lipinski definition) is 1. The highest BCUT2D eigenvalue weighted by Gasteiger charge is 2.32. The molecular weight excluding hydrogens is 861 g/mol. The van der Waals surface area contributed by atoms with E-state index in [9.17, 15) is 0 Å². The minimum Gasteiger partial charge on any atom is -0.456 e. The SMILES string of the molecule is c1ccc(P(c2ccccc2)c2cccc(Oc3cccc(P(c4ccccc4)c4ccccc4)c3P(c3ccccc3)c3ccccc3)c2P(c2ccccc2)c2ccccc2)cc1. The van der Waals surface area contributed by atoms with Crippen LogP contribution >= 0.6 is 31.7 Å². The third kappa shape index (κ3) is 9.45. The van der Waals surface area contributed by atoms with E-state index in [4.69, 9.17) is 4.74 Å². The molecule has 0 fully saturated rings. The highest BCUT2D eigenvalue weighted by Crippen LogP contribution is 2.45. The molecule has 10 aromatic carbocycles. The van der Waals surface area contributed by atoms with Crippen molar-refractivity contribution < 1.29 is 4.74 Å². The average molecular weight is 907 g/mol. The Morgan fingerprint density at radius 3 is 0.600 bits per heavy atom. The highest BCUT2D eigenvalue weighted by molar-refractivity contribution is 7.86. The first-order valence-corrected chi connectivity index (χ1v) is 27.2. The van der Waals surface area contributed by atoms with Crippen molar-refractivity contribution in [2.24, 2.45) is 0 Å². The molecule has 1 nitrogen and oxygen atoms in total. The Labute approximate surface area is 388 Å². The van der Waals surface area contributed by atoms with Gasteiger partial charge in [0.1, 0.15) is 11.5 Å². The maximum Gasteiger partial charge on any atom is 0.136 e. The third-order valence-electron chi connectivity index (χ3n) is 11.2. The lowest BCUT2D eigenvalue weighted by Crippen LogP contribution is -2.37. The number of rotatable bonds is 14. The smallest absolute Gasteiger partial charge is 0.136 e. The van der Waals surface area contributed by atoms with Gasteiger partial charge in [-0.15, -0.1) is 0 Å². The lowest BCUT2D eigenvalue weighted by molar-refractivity contribution is 0.491. The van der Waals surface area contributed by atoms with E-state index in [0.717, 1.165) is 11.5 Å². The van der Waals surface area contributed by atoms with Crippen LogP contribution in [0.2, 0.25) is 0 Å². The zero-order valence-electron chi connectivity index (χ0n) is 35.8. The molecule has 0 aromatic heterocycles. The van der Waals surface area contributed by atoms with E-state index in [1.165, 1.54) is 63.7 Å². The van der Waals surface area contributed by atoms with Crippen LogP contribution < -0.4 is 68.4 Å². The largest absolute Gasteiger partial charge is 0.456 e. The zero-order chi connectivity index (χ0) is 43.6. The summed E-state index contributed by atoms with van der Waals surface area (Å²) in [5.41, 5.74) is 0. The molecule has 0 bridgehead atoms. The summed E-state index contributed by atoms with van der Waals surface area (Å²) < 4.78 is 7.87. The minimum atomic E-state index is -1.10. The van der Waals surface area contributed by atoms with Gasteiger partial charge in [0.05, 0.1) is 0 Å². The van der Waals surface area contributed by atoms with Crippen LogP contribution in [0.5, 0.6) is 11.5 Å². The van der Waals surface area contributed by atoms with Crippen molar-refractivity contribution in [3.8, 4) is 11.5 Å². The molecule has 10 rings (SSSR count). The quantitative estimate of drug-likeness (QED) is 0.0988. The molecule has 0 aliphatic heterocycles. The van der Waals surface area contributed by atoms with Crippen LogP contribution in [0.15, 0.2) is 279 Å². The van der Waals surface area contributed by atoms with E-state index in [-0.39, 0.29) is 0 Å². The Hall–Kier alpha value is -6.28. The predicted molar refractivity (Wildman–Crippen MR) is 288 cm³/mol. The molecule has 0 N–H and O–H groups in total. The fourth-order valence-corrected chi connectivity index (χ4v) is 19.1. The maximum atomic E-state index is 7.87. The normalized spacial score (nSPS) is 11.3. The molecule has 0 atom stereocenters. The van der Waals surface area contributed by atoms with E-state index in [2.05, 4.69) is 279 Å². The van der Waals surface area contributed by atoms with Crippen molar-refractivity contribution in [3.05, 3.63) is 279 Å². The van der Waals surface area contributed by atoms with E-state index in [0.29, 0.717) is 0 Å². The Morgan fingerprint density at radius 2 is 0.385 bits per heavy atom. The molecule has 0 amide bonds. The van der Waals surface area contributed by atoms with E-state index >= 15 is 0 Å². The molecule has 0 unspecified atom stereocenters. The molecule has 0 radical (unpaired) electrons. The van der Waals surface area contributed by atoms with Crippen LogP contribution in [0, 0.1) is 0 Å². The Kier molecular flexibility index (Phi) is 13.6. The molecule has 0 saturated heterocycles. The first-order valence-electron chi connectivity index (χ1n) is 21.9. The van der Waals surface area contributed by atoms with Crippen LogP contribution in [0.1, 0.15) is 0 Å². The van der Waals surface area contributed by atoms with Gasteiger partial charge in [0, 0.05) is 10.6 Å². The van der Waals surface area contributed by atoms with Crippen molar-refractivity contribution >= 4 is 95.3 Å². The van der Waals surface area contributed by atoms with Gasteiger partial charge in [-0.05, 0) is 96.9 Å². The third-order valence-corrected chi connectivity index (χ3v) is 21.6. The Balaban J connectivity index is 1.28. The lowest BCUT2D eigenvalue weighted by Gasteiger charge is -2.31.